The number of hydrogen-bond acceptors (Lipinski definition) is 20. The van der Waals surface area contributed by atoms with Crippen LogP contribution in [0.2, 0.25) is 0 Å². The van der Waals surface area contributed by atoms with Crippen LogP contribution in [0.25, 0.3) is 11.1 Å². The minimum absolute atomic E-state index is 0.0193. The molecule has 9 rings (SSSR count). The van der Waals surface area contributed by atoms with E-state index in [1.807, 2.05) is 41.5 Å². The van der Waals surface area contributed by atoms with Crippen molar-refractivity contribution in [1.82, 2.24) is 0 Å². The molecule has 0 heterocycles. The third-order valence-corrected chi connectivity index (χ3v) is 38.8. The Morgan fingerprint density at radius 2 is 0.429 bits per heavy atom. The lowest BCUT2D eigenvalue weighted by Crippen LogP contribution is -2.20. The molecular weight excluding hydrogens is 2010 g/mol. The zero-order valence-electron chi connectivity index (χ0n) is 94.3. The van der Waals surface area contributed by atoms with Crippen LogP contribution < -0.4 is 4.74 Å². The van der Waals surface area contributed by atoms with E-state index < -0.39 is 121 Å². The summed E-state index contributed by atoms with van der Waals surface area (Å²) in [6, 6.07) is 68.4. The second kappa shape index (κ2) is 69.3. The van der Waals surface area contributed by atoms with E-state index in [0.717, 1.165) is 47.6 Å². The zero-order valence-corrected chi connectivity index (χ0v) is 101. The summed E-state index contributed by atoms with van der Waals surface area (Å²) in [4.78, 5) is 23.6. The van der Waals surface area contributed by atoms with Gasteiger partial charge in [-0.3, -0.25) is 9.59 Å². The molecule has 820 valence electrons. The molecule has 0 aliphatic heterocycles. The highest BCUT2D eigenvalue weighted by atomic mass is 32.2. The largest absolute Gasteiger partial charge is 0.457 e. The lowest BCUT2D eigenvalue weighted by Gasteiger charge is -2.11. The summed E-state index contributed by atoms with van der Waals surface area (Å²) >= 11 is 0. The summed E-state index contributed by atoms with van der Waals surface area (Å²) in [6.45, 7) is 65.9. The first-order valence-electron chi connectivity index (χ1n) is 50.9. The van der Waals surface area contributed by atoms with Gasteiger partial charge >= 0.3 is 0 Å². The van der Waals surface area contributed by atoms with Crippen molar-refractivity contribution in [1.29, 1.82) is 0 Å². The van der Waals surface area contributed by atoms with Crippen LogP contribution in [0.15, 0.2) is 276 Å². The number of Topliss-reactive ketones (excluding diaryl/α,β-unsaturated/α-hetero) is 2. The Hall–Kier alpha value is -9.20. The molecule has 20 nitrogen and oxygen atoms in total. The molecule has 0 unspecified atom stereocenters. The molecule has 0 fully saturated rings. The summed E-state index contributed by atoms with van der Waals surface area (Å²) < 4.78 is 203. The number of carbonyl (C=O) groups excluding carboxylic acids is 2. The van der Waals surface area contributed by atoms with E-state index in [4.69, 9.17) is 9.47 Å². The Balaban J connectivity index is 0. The Labute approximate surface area is 891 Å². The SMILES string of the molecule is CC.CC(C)C(=O)COCC(=O)C(C)C.CC(C)CC#CC#CCC(C)C.CC(C)Cc1ccccc1.CC(C)Cc1ccccc1.CC(C)Cc1ccccc1.CC(C)S(=O)(=O)c1ccc(-c2ccc(S(=O)(=O)C(C)C)cc2)cc1.CC(C)S(=O)(=O)c1ccc(Oc2ccc(S(=O)(=O)C(C)C)cc2)cc1.CC(C)S(=O)(=O)c1ccc(S(=O)(=O)C(C)C)cc1.CC(C)S(=O)(=O)c1cccc(S(=O)(=O)C(C)C)c1.CCC(C)C. The standard InChI is InChI=1S/C18H22O5S2.C18H22O4S2.2C12H18O4S2.C12H18.C10H18O3.3C10H14.C5H12.C2H6/c1-13(2)24(19,20)17-9-5-15(6-10-17)23-16-7-11-18(12-8-16)25(21,22)14(3)4;1-13(2)23(19,20)17-9-5-15(6-10-17)16-7-11-18(12-8-16)24(21,22)14(3)4;1-9(2)17(13,14)11-5-7-12(8-6-11)18(15,16)10(3)4;1-9(2)17(13,14)11-6-5-7-12(8-11)18(15,16)10(3)4;1-11(2)9-7-5-6-8-10-12(3)4;1-7(2)9(11)5-13-6-10(12)8(3)4;3*1-9(2)8-10-6-4-3-5-7-10;1-4-5(2)3;1-2/h5-14H,1-4H3;5-14H,1-4H3;2*5-10H,1-4H3;11-12H,9-10H2,1-4H3;7-8H,5-6H2,1-4H3;3*3-7,9H,8H2,1-2H3;5H,4H2,1-3H3;1-2H3. The summed E-state index contributed by atoms with van der Waals surface area (Å²) in [7, 11) is -26.8. The molecule has 0 atom stereocenters. The van der Waals surface area contributed by atoms with E-state index in [2.05, 4.69) is 205 Å². The van der Waals surface area contributed by atoms with Crippen LogP contribution in [0.1, 0.15) is 278 Å². The average molecular weight is 2180 g/mol. The van der Waals surface area contributed by atoms with E-state index in [1.165, 1.54) is 115 Å². The van der Waals surface area contributed by atoms with E-state index in [1.54, 1.807) is 184 Å². The van der Waals surface area contributed by atoms with Crippen LogP contribution in [0.5, 0.6) is 11.5 Å². The molecule has 0 radical (unpaired) electrons. The lowest BCUT2D eigenvalue weighted by molar-refractivity contribution is -0.131. The van der Waals surface area contributed by atoms with Crippen LogP contribution >= 0.6 is 0 Å². The predicted molar refractivity (Wildman–Crippen MR) is 613 cm³/mol. The maximum Gasteiger partial charge on any atom is 0.180 e. The fraction of sp³-hybridized carbons (Fsp3) is 0.496. The van der Waals surface area contributed by atoms with Crippen molar-refractivity contribution >= 4 is 90.3 Å². The second-order valence-corrected chi connectivity index (χ2v) is 60.4. The maximum absolute atomic E-state index is 12.1. The molecular formula is C119H176O20S8. The third-order valence-electron chi connectivity index (χ3n) is 21.5. The quantitative estimate of drug-likeness (QED) is 0.0338. The Morgan fingerprint density at radius 1 is 0.238 bits per heavy atom. The van der Waals surface area contributed by atoms with Crippen molar-refractivity contribution in [2.24, 2.45) is 47.3 Å². The molecule has 0 aliphatic carbocycles. The van der Waals surface area contributed by atoms with E-state index in [9.17, 15) is 76.9 Å². The van der Waals surface area contributed by atoms with Gasteiger partial charge in [0, 0.05) is 24.7 Å². The molecule has 9 aromatic rings. The molecule has 147 heavy (non-hydrogen) atoms. The van der Waals surface area contributed by atoms with Crippen LogP contribution in [0, 0.1) is 71.0 Å². The molecule has 0 bridgehead atoms. The Bertz CT molecular complexity index is 5970. The van der Waals surface area contributed by atoms with Gasteiger partial charge in [-0.25, -0.2) is 67.3 Å². The number of hydrogen-bond donors (Lipinski definition) is 0. The van der Waals surface area contributed by atoms with E-state index >= 15 is 0 Å². The average Bonchev–Trinajstić information content (AvgIpc) is 0.807. The van der Waals surface area contributed by atoms with Gasteiger partial charge in [-0.1, -0.05) is 271 Å². The van der Waals surface area contributed by atoms with Crippen LogP contribution in [-0.2, 0) is 112 Å². The summed E-state index contributed by atoms with van der Waals surface area (Å²) in [5.74, 6) is 17.3. The van der Waals surface area contributed by atoms with Crippen molar-refractivity contribution in [2.75, 3.05) is 13.2 Å². The van der Waals surface area contributed by atoms with Crippen molar-refractivity contribution in [3.05, 3.63) is 253 Å². The van der Waals surface area contributed by atoms with Crippen LogP contribution in [-0.4, -0.2) is 134 Å². The number of carbonyl (C=O) groups is 2. The summed E-state index contributed by atoms with van der Waals surface area (Å²) in [6.07, 6.45) is 6.80. The highest BCUT2D eigenvalue weighted by Gasteiger charge is 2.28. The molecule has 9 aromatic carbocycles. The first kappa shape index (κ1) is 140. The molecule has 0 N–H and O–H groups in total. The van der Waals surface area contributed by atoms with Gasteiger partial charge in [0.2, 0.25) is 0 Å². The van der Waals surface area contributed by atoms with Gasteiger partial charge in [0.25, 0.3) is 0 Å². The highest BCUT2D eigenvalue weighted by Crippen LogP contribution is 2.31. The molecule has 0 aromatic heterocycles. The molecule has 0 spiro atoms. The normalized spacial score (nSPS) is 11.6. The Kier molecular flexibility index (Phi) is 65.9. The highest BCUT2D eigenvalue weighted by molar-refractivity contribution is 7.94. The van der Waals surface area contributed by atoms with Gasteiger partial charge in [0.15, 0.2) is 90.3 Å². The minimum atomic E-state index is -3.45. The van der Waals surface area contributed by atoms with Gasteiger partial charge < -0.3 is 9.47 Å². The summed E-state index contributed by atoms with van der Waals surface area (Å²) in [5.41, 5.74) is 6.00. The fourth-order valence-electron chi connectivity index (χ4n) is 11.5. The van der Waals surface area contributed by atoms with Crippen LogP contribution in [0.4, 0.5) is 0 Å². The van der Waals surface area contributed by atoms with Crippen molar-refractivity contribution < 1.29 is 86.4 Å². The number of ether oxygens (including phenoxy) is 2. The smallest absolute Gasteiger partial charge is 0.180 e. The van der Waals surface area contributed by atoms with E-state index in [0.29, 0.717) is 33.1 Å². The number of rotatable bonds is 34. The molecule has 0 saturated carbocycles. The third kappa shape index (κ3) is 53.4. The van der Waals surface area contributed by atoms with Gasteiger partial charge in [-0.2, -0.15) is 0 Å². The monoisotopic (exact) mass is 2180 g/mol. The molecule has 28 heteroatoms. The lowest BCUT2D eigenvalue weighted by atomic mass is 10.0. The first-order valence-corrected chi connectivity index (χ1v) is 63.3. The van der Waals surface area contributed by atoms with Crippen LogP contribution in [0.3, 0.4) is 0 Å². The van der Waals surface area contributed by atoms with Crippen molar-refractivity contribution in [3.8, 4) is 46.3 Å². The topological polar surface area (TPSA) is 326 Å². The number of benzene rings is 9. The molecule has 0 aliphatic rings. The molecule has 0 amide bonds. The molecule has 0 saturated heterocycles. The minimum Gasteiger partial charge on any atom is -0.457 e. The second-order valence-electron chi connectivity index (χ2n) is 40.4. The van der Waals surface area contributed by atoms with E-state index in [-0.39, 0.29) is 66.0 Å². The van der Waals surface area contributed by atoms with Crippen molar-refractivity contribution in [2.45, 2.75) is 362 Å². The van der Waals surface area contributed by atoms with Gasteiger partial charge in [-0.05, 0) is 320 Å². The first-order chi connectivity index (χ1) is 68.0. The maximum atomic E-state index is 12.1. The van der Waals surface area contributed by atoms with Gasteiger partial charge in [-0.15, -0.1) is 0 Å². The zero-order chi connectivity index (χ0) is 114. The van der Waals surface area contributed by atoms with Gasteiger partial charge in [0.1, 0.15) is 24.7 Å². The predicted octanol–water partition coefficient (Wildman–Crippen LogP) is 27.9. The Morgan fingerprint density at radius 3 is 0.605 bits per heavy atom. The van der Waals surface area contributed by atoms with Gasteiger partial charge in [0.05, 0.1) is 81.2 Å². The van der Waals surface area contributed by atoms with Crippen molar-refractivity contribution in [3.63, 3.8) is 0 Å². The fourth-order valence-corrected chi connectivity index (χ4v) is 20.1. The number of ketones is 2. The number of sulfone groups is 8. The summed E-state index contributed by atoms with van der Waals surface area (Å²) in [5, 5.41) is -4.11.